The third kappa shape index (κ3) is 4.04. The van der Waals surface area contributed by atoms with E-state index < -0.39 is 11.4 Å². The van der Waals surface area contributed by atoms with Gasteiger partial charge in [-0.1, -0.05) is 24.6 Å². The van der Waals surface area contributed by atoms with E-state index in [1.165, 1.54) is 24.0 Å². The van der Waals surface area contributed by atoms with Gasteiger partial charge in [-0.25, -0.2) is 0 Å². The maximum Gasteiger partial charge on any atom is 0.311 e. The van der Waals surface area contributed by atoms with Crippen molar-refractivity contribution in [3.05, 3.63) is 34.9 Å². The van der Waals surface area contributed by atoms with E-state index >= 15 is 0 Å². The van der Waals surface area contributed by atoms with E-state index in [0.29, 0.717) is 13.1 Å². The summed E-state index contributed by atoms with van der Waals surface area (Å²) >= 11 is 0. The largest absolute Gasteiger partial charge is 0.481 e. The minimum Gasteiger partial charge on any atom is -0.481 e. The van der Waals surface area contributed by atoms with Crippen molar-refractivity contribution >= 4 is 24.3 Å². The smallest absolute Gasteiger partial charge is 0.311 e. The van der Waals surface area contributed by atoms with Gasteiger partial charge >= 0.3 is 5.97 Å². The highest BCUT2D eigenvalue weighted by molar-refractivity contribution is 5.85. The number of hydrogen-bond donors (Lipinski definition) is 2. The Bertz CT molecular complexity index is 783. The average molecular weight is 421 g/mol. The number of benzene rings is 1. The molecule has 1 saturated carbocycles. The number of nitrogens with zero attached hydrogens (tertiary/aromatic N) is 1. The first-order valence-corrected chi connectivity index (χ1v) is 10.8. The minimum atomic E-state index is -0.687. The standard InChI is InChI=1S/C23H32N2O3.ClH/c1-15(18-10-9-17-6-3-4-7-19(17)12-18)24-21(26)16(2)25-13-20-8-5-11-23(20,14-25)22(27)28;/h9-10,12,15-16,20H,3-8,11,13-14H2,1-2H3,(H,24,26)(H,27,28);1H/t15?,16?,20-,23+;/m0./s1. The van der Waals surface area contributed by atoms with E-state index in [4.69, 9.17) is 0 Å². The highest BCUT2D eigenvalue weighted by Gasteiger charge is 2.55. The van der Waals surface area contributed by atoms with E-state index in [9.17, 15) is 14.7 Å². The molecule has 1 saturated heterocycles. The number of rotatable bonds is 5. The molecule has 160 valence electrons. The van der Waals surface area contributed by atoms with Crippen LogP contribution in [-0.2, 0) is 22.4 Å². The zero-order valence-corrected chi connectivity index (χ0v) is 18.3. The Kier molecular flexibility index (Phi) is 6.59. The summed E-state index contributed by atoms with van der Waals surface area (Å²) in [6, 6.07) is 6.26. The average Bonchev–Trinajstić information content (AvgIpc) is 3.25. The summed E-state index contributed by atoms with van der Waals surface area (Å²) in [5.41, 5.74) is 3.39. The molecule has 2 unspecified atom stereocenters. The first-order chi connectivity index (χ1) is 13.4. The van der Waals surface area contributed by atoms with Crippen molar-refractivity contribution in [2.24, 2.45) is 11.3 Å². The second-order valence-electron chi connectivity index (χ2n) is 9.12. The Labute approximate surface area is 179 Å². The first-order valence-electron chi connectivity index (χ1n) is 10.8. The van der Waals surface area contributed by atoms with E-state index in [1.807, 2.05) is 13.8 Å². The third-order valence-corrected chi connectivity index (χ3v) is 7.48. The highest BCUT2D eigenvalue weighted by atomic mass is 35.5. The number of aryl methyl sites for hydroxylation is 2. The molecule has 5 nitrogen and oxygen atoms in total. The van der Waals surface area contributed by atoms with Crippen LogP contribution in [0.15, 0.2) is 18.2 Å². The molecule has 2 fully saturated rings. The normalized spacial score (nSPS) is 28.0. The molecule has 1 aromatic rings. The maximum atomic E-state index is 12.9. The molecule has 1 aliphatic heterocycles. The van der Waals surface area contributed by atoms with Crippen LogP contribution in [0.4, 0.5) is 0 Å². The number of nitrogens with one attached hydrogen (secondary N) is 1. The van der Waals surface area contributed by atoms with Crippen LogP contribution >= 0.6 is 12.4 Å². The molecule has 3 aliphatic rings. The Morgan fingerprint density at radius 3 is 2.59 bits per heavy atom. The number of amides is 1. The van der Waals surface area contributed by atoms with Crippen molar-refractivity contribution in [1.82, 2.24) is 10.2 Å². The topological polar surface area (TPSA) is 69.6 Å². The zero-order valence-electron chi connectivity index (χ0n) is 17.4. The van der Waals surface area contributed by atoms with Crippen LogP contribution in [0.1, 0.15) is 68.7 Å². The zero-order chi connectivity index (χ0) is 19.9. The Morgan fingerprint density at radius 1 is 1.17 bits per heavy atom. The van der Waals surface area contributed by atoms with Gasteiger partial charge in [0.25, 0.3) is 0 Å². The fraction of sp³-hybridized carbons (Fsp3) is 0.652. The summed E-state index contributed by atoms with van der Waals surface area (Å²) in [5.74, 6) is -0.517. The summed E-state index contributed by atoms with van der Waals surface area (Å²) in [7, 11) is 0. The quantitative estimate of drug-likeness (QED) is 0.761. The number of hydrogen-bond acceptors (Lipinski definition) is 3. The number of likely N-dealkylation sites (tertiary alicyclic amines) is 1. The number of carboxylic acid groups (broad SMARTS) is 1. The fourth-order valence-corrected chi connectivity index (χ4v) is 5.58. The molecule has 2 N–H and O–H groups in total. The van der Waals surface area contributed by atoms with Gasteiger partial charge in [0, 0.05) is 13.1 Å². The molecule has 0 bridgehead atoms. The van der Waals surface area contributed by atoms with E-state index in [2.05, 4.69) is 28.4 Å². The number of carboxylic acids is 1. The number of aliphatic carboxylic acids is 1. The lowest BCUT2D eigenvalue weighted by Crippen LogP contribution is -2.46. The number of carbonyl (C=O) groups is 2. The van der Waals surface area contributed by atoms with Crippen LogP contribution in [0.3, 0.4) is 0 Å². The van der Waals surface area contributed by atoms with Crippen molar-refractivity contribution in [2.45, 2.75) is 70.9 Å². The Morgan fingerprint density at radius 2 is 1.90 bits per heavy atom. The molecule has 1 amide bonds. The Hall–Kier alpha value is -1.59. The van der Waals surface area contributed by atoms with Gasteiger partial charge in [0.15, 0.2) is 0 Å². The van der Waals surface area contributed by atoms with Crippen molar-refractivity contribution in [1.29, 1.82) is 0 Å². The Balaban J connectivity index is 0.00000240. The first kappa shape index (κ1) is 22.1. The van der Waals surface area contributed by atoms with E-state index in [-0.39, 0.29) is 36.3 Å². The third-order valence-electron chi connectivity index (χ3n) is 7.48. The number of fused-ring (bicyclic) bond motifs is 2. The molecule has 1 heterocycles. The lowest BCUT2D eigenvalue weighted by Gasteiger charge is -2.28. The van der Waals surface area contributed by atoms with Crippen LogP contribution in [0.2, 0.25) is 0 Å². The van der Waals surface area contributed by atoms with Gasteiger partial charge in [-0.15, -0.1) is 12.4 Å². The van der Waals surface area contributed by atoms with Crippen LogP contribution < -0.4 is 5.32 Å². The SMILES string of the molecule is CC(NC(=O)C(C)N1C[C@@H]2CCC[C@@]2(C(=O)O)C1)c1ccc2c(c1)CCCC2.Cl. The predicted octanol–water partition coefficient (Wildman–Crippen LogP) is 3.74. The highest BCUT2D eigenvalue weighted by Crippen LogP contribution is 2.49. The fourth-order valence-electron chi connectivity index (χ4n) is 5.58. The van der Waals surface area contributed by atoms with Gasteiger partial charge in [0.2, 0.25) is 5.91 Å². The summed E-state index contributed by atoms with van der Waals surface area (Å²) in [6.07, 6.45) is 7.49. The van der Waals surface area contributed by atoms with Gasteiger partial charge in [0.1, 0.15) is 0 Å². The molecule has 0 radical (unpaired) electrons. The number of carbonyl (C=O) groups excluding carboxylic acids is 1. The predicted molar refractivity (Wildman–Crippen MR) is 115 cm³/mol. The van der Waals surface area contributed by atoms with Gasteiger partial charge in [-0.05, 0) is 75.0 Å². The molecule has 0 spiro atoms. The van der Waals surface area contributed by atoms with E-state index in [0.717, 1.165) is 37.7 Å². The summed E-state index contributed by atoms with van der Waals surface area (Å²) in [6.45, 7) is 5.15. The van der Waals surface area contributed by atoms with Crippen LogP contribution in [-0.4, -0.2) is 41.0 Å². The van der Waals surface area contributed by atoms with E-state index in [1.54, 1.807) is 0 Å². The molecule has 1 aromatic carbocycles. The van der Waals surface area contributed by atoms with Gasteiger partial charge in [-0.2, -0.15) is 0 Å². The monoisotopic (exact) mass is 420 g/mol. The molecule has 29 heavy (non-hydrogen) atoms. The van der Waals surface area contributed by atoms with Crippen LogP contribution in [0.25, 0.3) is 0 Å². The second kappa shape index (κ2) is 8.65. The molecule has 4 atom stereocenters. The second-order valence-corrected chi connectivity index (χ2v) is 9.12. The molecule has 2 aliphatic carbocycles. The van der Waals surface area contributed by atoms with Gasteiger partial charge in [0.05, 0.1) is 17.5 Å². The van der Waals surface area contributed by atoms with Gasteiger partial charge in [-0.3, -0.25) is 14.5 Å². The number of halogens is 1. The molecule has 4 rings (SSSR count). The minimum absolute atomic E-state index is 0. The van der Waals surface area contributed by atoms with Crippen molar-refractivity contribution in [3.8, 4) is 0 Å². The maximum absolute atomic E-state index is 12.9. The lowest BCUT2D eigenvalue weighted by atomic mass is 9.81. The van der Waals surface area contributed by atoms with Crippen molar-refractivity contribution in [3.63, 3.8) is 0 Å². The molecular weight excluding hydrogens is 388 g/mol. The summed E-state index contributed by atoms with van der Waals surface area (Å²) in [4.78, 5) is 26.9. The molecule has 0 aromatic heterocycles. The van der Waals surface area contributed by atoms with Gasteiger partial charge < -0.3 is 10.4 Å². The summed E-state index contributed by atoms with van der Waals surface area (Å²) < 4.78 is 0. The molecule has 6 heteroatoms. The summed E-state index contributed by atoms with van der Waals surface area (Å²) in [5, 5.41) is 12.9. The van der Waals surface area contributed by atoms with Crippen LogP contribution in [0, 0.1) is 11.3 Å². The lowest BCUT2D eigenvalue weighted by molar-refractivity contribution is -0.149. The van der Waals surface area contributed by atoms with Crippen molar-refractivity contribution < 1.29 is 14.7 Å². The van der Waals surface area contributed by atoms with Crippen LogP contribution in [0.5, 0.6) is 0 Å². The van der Waals surface area contributed by atoms with Crippen molar-refractivity contribution in [2.75, 3.05) is 13.1 Å². The molecular formula is C23H33ClN2O3.